The summed E-state index contributed by atoms with van der Waals surface area (Å²) in [7, 11) is 0. The van der Waals surface area contributed by atoms with E-state index in [9.17, 15) is 4.79 Å². The molecule has 0 unspecified atom stereocenters. The smallest absolute Gasteiger partial charge is 0.317 e. The second kappa shape index (κ2) is 4.52. The van der Waals surface area contributed by atoms with Crippen LogP contribution >= 0.6 is 11.8 Å². The predicted molar refractivity (Wildman–Crippen MR) is 60.6 cm³/mol. The largest absolute Gasteiger partial charge is 0.480 e. The lowest BCUT2D eigenvalue weighted by Crippen LogP contribution is -2.15. The molecule has 84 valence electrons. The highest BCUT2D eigenvalue weighted by Gasteiger charge is 2.19. The number of nitrogens with zero attached hydrogens (tertiary/aromatic N) is 3. The summed E-state index contributed by atoms with van der Waals surface area (Å²) in [5.41, 5.74) is 0.727. The predicted octanol–water partition coefficient (Wildman–Crippen LogP) is 1.68. The van der Waals surface area contributed by atoms with Gasteiger partial charge in [-0.1, -0.05) is 24.8 Å². The number of carbonyl (C=O) groups is 1. The first-order chi connectivity index (χ1) is 7.72. The van der Waals surface area contributed by atoms with Gasteiger partial charge in [-0.2, -0.15) is 0 Å². The van der Waals surface area contributed by atoms with Crippen molar-refractivity contribution in [2.45, 2.75) is 23.8 Å². The van der Waals surface area contributed by atoms with Gasteiger partial charge in [-0.15, -0.1) is 10.2 Å². The highest BCUT2D eigenvalue weighted by molar-refractivity contribution is 8.00. The van der Waals surface area contributed by atoms with E-state index < -0.39 is 11.2 Å². The van der Waals surface area contributed by atoms with Gasteiger partial charge in [0.1, 0.15) is 5.25 Å². The molecular weight excluding hydrogens is 226 g/mol. The molecule has 0 saturated heterocycles. The molecule has 0 amide bonds. The Bertz CT molecular complexity index is 511. The van der Waals surface area contributed by atoms with E-state index in [1.165, 1.54) is 11.8 Å². The highest BCUT2D eigenvalue weighted by Crippen LogP contribution is 2.24. The topological polar surface area (TPSA) is 67.5 Å². The van der Waals surface area contributed by atoms with E-state index in [1.54, 1.807) is 4.40 Å². The van der Waals surface area contributed by atoms with Gasteiger partial charge in [-0.3, -0.25) is 9.20 Å². The van der Waals surface area contributed by atoms with E-state index in [-0.39, 0.29) is 0 Å². The maximum Gasteiger partial charge on any atom is 0.317 e. The van der Waals surface area contributed by atoms with Crippen molar-refractivity contribution in [2.75, 3.05) is 0 Å². The summed E-state index contributed by atoms with van der Waals surface area (Å²) in [5, 5.41) is 17.0. The van der Waals surface area contributed by atoms with Crippen LogP contribution in [-0.2, 0) is 4.79 Å². The molecule has 16 heavy (non-hydrogen) atoms. The van der Waals surface area contributed by atoms with Crippen LogP contribution in [0.2, 0.25) is 0 Å². The monoisotopic (exact) mass is 237 g/mol. The molecule has 0 aromatic carbocycles. The average molecular weight is 237 g/mol. The van der Waals surface area contributed by atoms with Crippen molar-refractivity contribution < 1.29 is 9.90 Å². The zero-order valence-corrected chi connectivity index (χ0v) is 9.52. The Morgan fingerprint density at radius 2 is 2.38 bits per heavy atom. The second-order valence-corrected chi connectivity index (χ2v) is 4.43. The number of thioether (sulfide) groups is 1. The van der Waals surface area contributed by atoms with Crippen LogP contribution in [0.25, 0.3) is 5.65 Å². The van der Waals surface area contributed by atoms with E-state index in [0.717, 1.165) is 5.65 Å². The molecule has 6 heteroatoms. The summed E-state index contributed by atoms with van der Waals surface area (Å²) in [6.45, 7) is 1.84. The molecule has 0 spiro atoms. The van der Waals surface area contributed by atoms with Crippen molar-refractivity contribution in [1.82, 2.24) is 14.6 Å². The molecule has 0 bridgehead atoms. The Balaban J connectivity index is 2.30. The van der Waals surface area contributed by atoms with Crippen molar-refractivity contribution in [3.05, 3.63) is 24.4 Å². The Morgan fingerprint density at radius 3 is 3.06 bits per heavy atom. The Labute approximate surface area is 96.5 Å². The number of pyridine rings is 1. The molecule has 0 aliphatic heterocycles. The number of aromatic nitrogens is 3. The summed E-state index contributed by atoms with van der Waals surface area (Å²) in [6, 6.07) is 5.56. The second-order valence-electron chi connectivity index (χ2n) is 3.26. The van der Waals surface area contributed by atoms with Gasteiger partial charge in [0.2, 0.25) is 0 Å². The number of fused-ring (bicyclic) bond motifs is 1. The zero-order valence-electron chi connectivity index (χ0n) is 8.70. The van der Waals surface area contributed by atoms with Crippen molar-refractivity contribution in [3.63, 3.8) is 0 Å². The molecule has 2 rings (SSSR count). The van der Waals surface area contributed by atoms with Gasteiger partial charge in [-0.25, -0.2) is 0 Å². The third-order valence-electron chi connectivity index (χ3n) is 2.18. The fraction of sp³-hybridized carbons (Fsp3) is 0.300. The molecule has 0 saturated carbocycles. The summed E-state index contributed by atoms with van der Waals surface area (Å²) in [5.74, 6) is -0.819. The van der Waals surface area contributed by atoms with Crippen LogP contribution in [-0.4, -0.2) is 30.9 Å². The Hall–Kier alpha value is -1.56. The molecule has 1 atom stereocenters. The standard InChI is InChI=1S/C10H11N3O2S/c1-2-7(9(14)15)16-10-12-11-8-5-3-4-6-13(8)10/h3-7H,2H2,1H3,(H,14,15)/t7-/m1/s1. The van der Waals surface area contributed by atoms with Gasteiger partial charge >= 0.3 is 5.97 Å². The molecule has 0 radical (unpaired) electrons. The van der Waals surface area contributed by atoms with Crippen LogP contribution in [0.1, 0.15) is 13.3 Å². The van der Waals surface area contributed by atoms with Crippen LogP contribution in [0.15, 0.2) is 29.6 Å². The minimum atomic E-state index is -0.819. The lowest BCUT2D eigenvalue weighted by atomic mass is 10.3. The Morgan fingerprint density at radius 1 is 1.56 bits per heavy atom. The minimum absolute atomic E-state index is 0.479. The third kappa shape index (κ3) is 2.01. The number of hydrogen-bond donors (Lipinski definition) is 1. The third-order valence-corrected chi connectivity index (χ3v) is 3.48. The fourth-order valence-electron chi connectivity index (χ4n) is 1.34. The summed E-state index contributed by atoms with van der Waals surface area (Å²) in [4.78, 5) is 10.9. The quantitative estimate of drug-likeness (QED) is 0.819. The first-order valence-electron chi connectivity index (χ1n) is 4.91. The molecular formula is C10H11N3O2S. The van der Waals surface area contributed by atoms with Crippen molar-refractivity contribution in [2.24, 2.45) is 0 Å². The van der Waals surface area contributed by atoms with Crippen LogP contribution in [0.5, 0.6) is 0 Å². The van der Waals surface area contributed by atoms with Gasteiger partial charge in [0.15, 0.2) is 10.8 Å². The number of carboxylic acid groups (broad SMARTS) is 1. The van der Waals surface area contributed by atoms with E-state index in [2.05, 4.69) is 10.2 Å². The molecule has 2 aromatic heterocycles. The van der Waals surface area contributed by atoms with E-state index in [4.69, 9.17) is 5.11 Å². The van der Waals surface area contributed by atoms with Gasteiger partial charge in [-0.05, 0) is 18.6 Å². The first kappa shape index (κ1) is 10.9. The molecule has 0 fully saturated rings. The molecule has 2 aromatic rings. The highest BCUT2D eigenvalue weighted by atomic mass is 32.2. The molecule has 5 nitrogen and oxygen atoms in total. The molecule has 2 heterocycles. The maximum absolute atomic E-state index is 10.9. The van der Waals surface area contributed by atoms with E-state index in [1.807, 2.05) is 31.3 Å². The summed E-state index contributed by atoms with van der Waals surface area (Å²) in [6.07, 6.45) is 2.38. The minimum Gasteiger partial charge on any atom is -0.480 e. The number of carboxylic acids is 1. The SMILES string of the molecule is CC[C@@H](Sc1nnc2ccccn12)C(=O)O. The van der Waals surface area contributed by atoms with E-state index >= 15 is 0 Å². The number of rotatable bonds is 4. The first-order valence-corrected chi connectivity index (χ1v) is 5.79. The van der Waals surface area contributed by atoms with Crippen molar-refractivity contribution in [3.8, 4) is 0 Å². The van der Waals surface area contributed by atoms with Crippen LogP contribution in [0.3, 0.4) is 0 Å². The van der Waals surface area contributed by atoms with Gasteiger partial charge < -0.3 is 5.11 Å². The normalized spacial score (nSPS) is 12.8. The van der Waals surface area contributed by atoms with E-state index in [0.29, 0.717) is 11.6 Å². The number of aliphatic carboxylic acids is 1. The maximum atomic E-state index is 10.9. The molecule has 0 aliphatic carbocycles. The Kier molecular flexibility index (Phi) is 3.09. The molecule has 1 N–H and O–H groups in total. The average Bonchev–Trinajstić information content (AvgIpc) is 2.69. The summed E-state index contributed by atoms with van der Waals surface area (Å²) < 4.78 is 1.79. The number of hydrogen-bond acceptors (Lipinski definition) is 4. The van der Waals surface area contributed by atoms with Crippen LogP contribution in [0, 0.1) is 0 Å². The lowest BCUT2D eigenvalue weighted by molar-refractivity contribution is -0.136. The van der Waals surface area contributed by atoms with Crippen LogP contribution < -0.4 is 0 Å². The van der Waals surface area contributed by atoms with Gasteiger partial charge in [0.25, 0.3) is 0 Å². The fourth-order valence-corrected chi connectivity index (χ4v) is 2.21. The van der Waals surface area contributed by atoms with Crippen molar-refractivity contribution >= 4 is 23.4 Å². The lowest BCUT2D eigenvalue weighted by Gasteiger charge is -2.06. The summed E-state index contributed by atoms with van der Waals surface area (Å²) >= 11 is 1.22. The van der Waals surface area contributed by atoms with Gasteiger partial charge in [0.05, 0.1) is 0 Å². The van der Waals surface area contributed by atoms with Crippen molar-refractivity contribution in [1.29, 1.82) is 0 Å². The zero-order chi connectivity index (χ0) is 11.5. The van der Waals surface area contributed by atoms with Crippen LogP contribution in [0.4, 0.5) is 0 Å². The molecule has 0 aliphatic rings. The van der Waals surface area contributed by atoms with Gasteiger partial charge in [0, 0.05) is 6.20 Å².